The van der Waals surface area contributed by atoms with Crippen LogP contribution in [-0.2, 0) is 14.3 Å². The lowest BCUT2D eigenvalue weighted by atomic mass is 10.1. The summed E-state index contributed by atoms with van der Waals surface area (Å²) in [5.74, 6) is 5.91. The molecule has 0 saturated carbocycles. The summed E-state index contributed by atoms with van der Waals surface area (Å²) in [4.78, 5) is 24.3. The minimum Gasteiger partial charge on any atom is -0.458 e. The van der Waals surface area contributed by atoms with E-state index >= 15 is 0 Å². The predicted molar refractivity (Wildman–Crippen MR) is 89.6 cm³/mol. The number of carbonyl (C=O) groups is 2. The van der Waals surface area contributed by atoms with Gasteiger partial charge in [0, 0.05) is 19.3 Å². The van der Waals surface area contributed by atoms with Crippen LogP contribution in [0, 0.1) is 17.8 Å². The lowest BCUT2D eigenvalue weighted by Crippen LogP contribution is -2.20. The number of ketones is 1. The Kier molecular flexibility index (Phi) is 8.24. The number of carbonyl (C=O) groups excluding carboxylic acids is 2. The highest BCUT2D eigenvalue weighted by Crippen LogP contribution is 2.09. The average Bonchev–Trinajstić information content (AvgIpc) is 2.95. The van der Waals surface area contributed by atoms with E-state index in [1.165, 1.54) is 0 Å². The summed E-state index contributed by atoms with van der Waals surface area (Å²) in [6, 6.07) is 3.88. The Hall–Kier alpha value is -1.86. The average molecular weight is 318 g/mol. The van der Waals surface area contributed by atoms with Gasteiger partial charge in [0.25, 0.3) is 0 Å². The predicted octanol–water partition coefficient (Wildman–Crippen LogP) is 3.98. The molecule has 1 aromatic heterocycles. The van der Waals surface area contributed by atoms with Gasteiger partial charge < -0.3 is 4.74 Å². The first kappa shape index (κ1) is 18.2. The van der Waals surface area contributed by atoms with Gasteiger partial charge in [-0.15, -0.1) is 11.3 Å². The second-order valence-electron chi connectivity index (χ2n) is 5.33. The van der Waals surface area contributed by atoms with E-state index in [4.69, 9.17) is 4.74 Å². The molecule has 1 aromatic rings. The molecule has 4 heteroatoms. The summed E-state index contributed by atoms with van der Waals surface area (Å²) in [6.45, 7) is 5.71. The maximum atomic E-state index is 11.8. The lowest BCUT2D eigenvalue weighted by molar-refractivity contribution is -0.148. The first-order chi connectivity index (χ1) is 10.5. The number of rotatable bonds is 7. The maximum Gasteiger partial charge on any atom is 0.306 e. The van der Waals surface area contributed by atoms with Gasteiger partial charge in [0.2, 0.25) is 0 Å². The number of ether oxygens (including phenoxy) is 1. The van der Waals surface area contributed by atoms with Crippen LogP contribution in [0.4, 0.5) is 0 Å². The fraction of sp³-hybridized carbons (Fsp3) is 0.444. The minimum atomic E-state index is -0.531. The summed E-state index contributed by atoms with van der Waals surface area (Å²) < 4.78 is 5.36. The van der Waals surface area contributed by atoms with E-state index in [-0.39, 0.29) is 24.1 Å². The Labute approximate surface area is 136 Å². The van der Waals surface area contributed by atoms with Crippen LogP contribution in [0.5, 0.6) is 0 Å². The fourth-order valence-corrected chi connectivity index (χ4v) is 2.26. The summed E-state index contributed by atoms with van der Waals surface area (Å²) in [6.07, 6.45) is 3.80. The first-order valence-electron chi connectivity index (χ1n) is 7.44. The van der Waals surface area contributed by atoms with Gasteiger partial charge in [-0.2, -0.15) is 0 Å². The number of Topliss-reactive ketones (excluding diaryl/α,β-unsaturated/α-hetero) is 1. The van der Waals surface area contributed by atoms with Gasteiger partial charge in [-0.25, -0.2) is 0 Å². The highest BCUT2D eigenvalue weighted by atomic mass is 32.1. The lowest BCUT2D eigenvalue weighted by Gasteiger charge is -2.14. The highest BCUT2D eigenvalue weighted by molar-refractivity contribution is 7.10. The van der Waals surface area contributed by atoms with Crippen LogP contribution in [0.25, 0.3) is 0 Å². The summed E-state index contributed by atoms with van der Waals surface area (Å²) >= 11 is 1.57. The number of hydrogen-bond donors (Lipinski definition) is 0. The normalized spacial score (nSPS) is 12.0. The number of thiophene rings is 1. The van der Waals surface area contributed by atoms with E-state index in [0.717, 1.165) is 4.88 Å². The van der Waals surface area contributed by atoms with Crippen molar-refractivity contribution in [2.75, 3.05) is 0 Å². The maximum absolute atomic E-state index is 11.8. The van der Waals surface area contributed by atoms with E-state index < -0.39 is 6.10 Å². The van der Waals surface area contributed by atoms with Crippen molar-refractivity contribution in [2.24, 2.45) is 5.92 Å². The molecule has 0 amide bonds. The van der Waals surface area contributed by atoms with E-state index in [2.05, 4.69) is 11.8 Å². The molecule has 1 heterocycles. The van der Waals surface area contributed by atoms with Crippen molar-refractivity contribution in [3.8, 4) is 11.8 Å². The molecule has 0 saturated heterocycles. The molecule has 3 nitrogen and oxygen atoms in total. The fourth-order valence-electron chi connectivity index (χ4n) is 1.69. The van der Waals surface area contributed by atoms with Gasteiger partial charge >= 0.3 is 5.97 Å². The second-order valence-corrected chi connectivity index (χ2v) is 6.28. The molecule has 0 N–H and O–H groups in total. The number of esters is 1. The van der Waals surface area contributed by atoms with Crippen LogP contribution in [0.2, 0.25) is 0 Å². The molecule has 118 valence electrons. The van der Waals surface area contributed by atoms with Gasteiger partial charge in [0.1, 0.15) is 11.9 Å². The largest absolute Gasteiger partial charge is 0.458 e. The quantitative estimate of drug-likeness (QED) is 0.564. The molecule has 0 radical (unpaired) electrons. The van der Waals surface area contributed by atoms with E-state index in [9.17, 15) is 9.59 Å². The second kappa shape index (κ2) is 9.97. The van der Waals surface area contributed by atoms with Crippen LogP contribution in [-0.4, -0.2) is 17.9 Å². The van der Waals surface area contributed by atoms with Crippen LogP contribution in [0.15, 0.2) is 29.7 Å². The molecular formula is C18H22O3S. The van der Waals surface area contributed by atoms with Crippen LogP contribution < -0.4 is 0 Å². The highest BCUT2D eigenvalue weighted by Gasteiger charge is 2.15. The molecule has 0 bridgehead atoms. The zero-order valence-electron chi connectivity index (χ0n) is 13.3. The molecule has 0 aliphatic heterocycles. The van der Waals surface area contributed by atoms with Crippen molar-refractivity contribution in [1.82, 2.24) is 0 Å². The molecule has 0 spiro atoms. The Morgan fingerprint density at radius 1 is 1.36 bits per heavy atom. The molecule has 0 aliphatic rings. The number of allylic oxidation sites excluding steroid dienone is 1. The van der Waals surface area contributed by atoms with Gasteiger partial charge in [0.05, 0.1) is 4.88 Å². The molecular weight excluding hydrogens is 296 g/mol. The molecule has 0 unspecified atom stereocenters. The zero-order valence-corrected chi connectivity index (χ0v) is 14.1. The number of hydrogen-bond acceptors (Lipinski definition) is 4. The summed E-state index contributed by atoms with van der Waals surface area (Å²) in [5, 5.41) is 1.96. The molecule has 0 aromatic carbocycles. The third-order valence-corrected chi connectivity index (χ3v) is 3.58. The van der Waals surface area contributed by atoms with Gasteiger partial charge in [-0.3, -0.25) is 9.59 Å². The topological polar surface area (TPSA) is 43.4 Å². The van der Waals surface area contributed by atoms with E-state index in [1.54, 1.807) is 30.4 Å². The summed E-state index contributed by atoms with van der Waals surface area (Å²) in [5.41, 5.74) is 0. The molecule has 0 aliphatic carbocycles. The Balaban J connectivity index is 2.64. The minimum absolute atomic E-state index is 0.0678. The van der Waals surface area contributed by atoms with E-state index in [1.807, 2.05) is 31.4 Å². The van der Waals surface area contributed by atoms with E-state index in [0.29, 0.717) is 12.8 Å². The third kappa shape index (κ3) is 7.80. The van der Waals surface area contributed by atoms with Crippen LogP contribution in [0.3, 0.4) is 0 Å². The van der Waals surface area contributed by atoms with Crippen molar-refractivity contribution in [3.05, 3.63) is 34.5 Å². The first-order valence-corrected chi connectivity index (χ1v) is 8.32. The van der Waals surface area contributed by atoms with Crippen molar-refractivity contribution >= 4 is 23.1 Å². The van der Waals surface area contributed by atoms with Crippen molar-refractivity contribution in [2.45, 2.75) is 46.1 Å². The SMILES string of the molecule is CCC(=O)C[C@H](C=CC#Cc1cccs1)OC(=O)CC(C)C. The van der Waals surface area contributed by atoms with Gasteiger partial charge in [-0.05, 0) is 29.5 Å². The molecule has 22 heavy (non-hydrogen) atoms. The standard InChI is InChI=1S/C18H22O3S/c1-4-15(19)13-16(21-18(20)12-14(2)3)8-5-6-9-17-10-7-11-22-17/h5,7-8,10-11,14,16H,4,12-13H2,1-3H3/t16-/m0/s1. The van der Waals surface area contributed by atoms with Crippen LogP contribution >= 0.6 is 11.3 Å². The molecule has 1 rings (SSSR count). The van der Waals surface area contributed by atoms with Crippen LogP contribution in [0.1, 0.15) is 44.9 Å². The Bertz CT molecular complexity index is 559. The molecule has 1 atom stereocenters. The van der Waals surface area contributed by atoms with Crippen molar-refractivity contribution < 1.29 is 14.3 Å². The zero-order chi connectivity index (χ0) is 16.4. The smallest absolute Gasteiger partial charge is 0.306 e. The Morgan fingerprint density at radius 3 is 2.73 bits per heavy atom. The Morgan fingerprint density at radius 2 is 2.14 bits per heavy atom. The van der Waals surface area contributed by atoms with Crippen molar-refractivity contribution in [3.63, 3.8) is 0 Å². The molecule has 0 fully saturated rings. The summed E-state index contributed by atoms with van der Waals surface area (Å²) in [7, 11) is 0. The third-order valence-electron chi connectivity index (χ3n) is 2.79. The van der Waals surface area contributed by atoms with Gasteiger partial charge in [-0.1, -0.05) is 38.7 Å². The monoisotopic (exact) mass is 318 g/mol. The van der Waals surface area contributed by atoms with Gasteiger partial charge in [0.15, 0.2) is 0 Å². The van der Waals surface area contributed by atoms with Crippen molar-refractivity contribution in [1.29, 1.82) is 0 Å².